The van der Waals surface area contributed by atoms with Gasteiger partial charge in [0.1, 0.15) is 18.1 Å². The minimum absolute atomic E-state index is 0.125. The van der Waals surface area contributed by atoms with E-state index in [2.05, 4.69) is 15.3 Å². The van der Waals surface area contributed by atoms with Crippen molar-refractivity contribution in [1.82, 2.24) is 9.97 Å². The summed E-state index contributed by atoms with van der Waals surface area (Å²) in [6, 6.07) is -0.00574. The number of ether oxygens (including phenoxy) is 1. The molecule has 7 heteroatoms. The third kappa shape index (κ3) is 3.12. The molecule has 0 spiro atoms. The summed E-state index contributed by atoms with van der Waals surface area (Å²) in [6.07, 6.45) is 2.88. The lowest BCUT2D eigenvalue weighted by Gasteiger charge is -2.06. The quantitative estimate of drug-likeness (QED) is 0.829. The molecule has 2 aromatic heterocycles. The standard InChI is InChI=1S/C12H15N3O4/c1-4-17-11(16)9-6-18-12(15-9)14-8(3)10-13-5-7(2)19-10/h5-6,8H,4H2,1-3H3,(H,14,15). The summed E-state index contributed by atoms with van der Waals surface area (Å²) >= 11 is 0. The van der Waals surface area contributed by atoms with Gasteiger partial charge in [0.25, 0.3) is 6.01 Å². The summed E-state index contributed by atoms with van der Waals surface area (Å²) in [5.41, 5.74) is 0.125. The van der Waals surface area contributed by atoms with Gasteiger partial charge < -0.3 is 18.9 Å². The molecule has 0 saturated carbocycles. The van der Waals surface area contributed by atoms with Crippen molar-refractivity contribution in [3.05, 3.63) is 29.8 Å². The molecule has 0 radical (unpaired) electrons. The Bertz CT molecular complexity index is 561. The topological polar surface area (TPSA) is 90.4 Å². The van der Waals surface area contributed by atoms with Gasteiger partial charge >= 0.3 is 5.97 Å². The van der Waals surface area contributed by atoms with Crippen LogP contribution >= 0.6 is 0 Å². The van der Waals surface area contributed by atoms with Gasteiger partial charge in [-0.1, -0.05) is 0 Å². The van der Waals surface area contributed by atoms with Crippen LogP contribution in [-0.2, 0) is 4.74 Å². The Morgan fingerprint density at radius 3 is 3.00 bits per heavy atom. The number of aryl methyl sites for hydroxylation is 1. The van der Waals surface area contributed by atoms with Crippen molar-refractivity contribution in [2.24, 2.45) is 0 Å². The molecular weight excluding hydrogens is 250 g/mol. The molecule has 1 N–H and O–H groups in total. The third-order valence-electron chi connectivity index (χ3n) is 2.34. The number of esters is 1. The number of nitrogens with zero attached hydrogens (tertiary/aromatic N) is 2. The van der Waals surface area contributed by atoms with E-state index in [9.17, 15) is 4.79 Å². The number of nitrogens with one attached hydrogen (secondary N) is 1. The van der Waals surface area contributed by atoms with Gasteiger partial charge in [0.05, 0.1) is 12.8 Å². The first-order valence-corrected chi connectivity index (χ1v) is 5.91. The van der Waals surface area contributed by atoms with Crippen LogP contribution < -0.4 is 5.32 Å². The minimum Gasteiger partial charge on any atom is -0.461 e. The molecule has 2 rings (SSSR count). The van der Waals surface area contributed by atoms with E-state index in [1.165, 1.54) is 6.26 Å². The highest BCUT2D eigenvalue weighted by molar-refractivity contribution is 5.87. The molecule has 0 aromatic carbocycles. The zero-order valence-electron chi connectivity index (χ0n) is 11.0. The van der Waals surface area contributed by atoms with Crippen molar-refractivity contribution in [3.8, 4) is 0 Å². The Kier molecular flexibility index (Phi) is 3.84. The third-order valence-corrected chi connectivity index (χ3v) is 2.34. The maximum Gasteiger partial charge on any atom is 0.360 e. The number of hydrogen-bond donors (Lipinski definition) is 1. The van der Waals surface area contributed by atoms with Crippen LogP contribution in [0.4, 0.5) is 6.01 Å². The highest BCUT2D eigenvalue weighted by atomic mass is 16.5. The van der Waals surface area contributed by atoms with Crippen LogP contribution in [0.1, 0.15) is 42.0 Å². The van der Waals surface area contributed by atoms with Crippen LogP contribution in [0, 0.1) is 6.92 Å². The maximum atomic E-state index is 11.4. The molecule has 0 aliphatic rings. The highest BCUT2D eigenvalue weighted by Gasteiger charge is 2.17. The summed E-state index contributed by atoms with van der Waals surface area (Å²) < 4.78 is 15.3. The highest BCUT2D eigenvalue weighted by Crippen LogP contribution is 2.18. The fraction of sp³-hybridized carbons (Fsp3) is 0.417. The summed E-state index contributed by atoms with van der Waals surface area (Å²) in [5.74, 6) is 0.732. The number of aromatic nitrogens is 2. The summed E-state index contributed by atoms with van der Waals surface area (Å²) in [7, 11) is 0. The molecule has 0 aliphatic carbocycles. The number of carbonyl (C=O) groups is 1. The lowest BCUT2D eigenvalue weighted by Crippen LogP contribution is -2.08. The average Bonchev–Trinajstić information content (AvgIpc) is 2.98. The second kappa shape index (κ2) is 5.55. The van der Waals surface area contributed by atoms with E-state index in [0.717, 1.165) is 5.76 Å². The van der Waals surface area contributed by atoms with E-state index in [1.54, 1.807) is 13.1 Å². The van der Waals surface area contributed by atoms with Gasteiger partial charge in [-0.3, -0.25) is 0 Å². The summed E-state index contributed by atoms with van der Waals surface area (Å²) in [4.78, 5) is 19.5. The van der Waals surface area contributed by atoms with Crippen molar-refractivity contribution < 1.29 is 18.4 Å². The first-order valence-electron chi connectivity index (χ1n) is 5.91. The predicted octanol–water partition coefficient (Wildman–Crippen LogP) is 2.32. The van der Waals surface area contributed by atoms with Crippen molar-refractivity contribution in [2.75, 3.05) is 11.9 Å². The van der Waals surface area contributed by atoms with E-state index in [1.807, 2.05) is 13.8 Å². The molecule has 0 aliphatic heterocycles. The van der Waals surface area contributed by atoms with Gasteiger partial charge in [0.15, 0.2) is 5.69 Å². The first-order chi connectivity index (χ1) is 9.10. The average molecular weight is 265 g/mol. The zero-order valence-corrected chi connectivity index (χ0v) is 11.0. The lowest BCUT2D eigenvalue weighted by atomic mass is 10.3. The molecule has 2 aromatic rings. The predicted molar refractivity (Wildman–Crippen MR) is 65.7 cm³/mol. The first kappa shape index (κ1) is 13.1. The van der Waals surface area contributed by atoms with Gasteiger partial charge in [-0.05, 0) is 20.8 Å². The molecule has 0 bridgehead atoms. The molecule has 19 heavy (non-hydrogen) atoms. The second-order valence-corrected chi connectivity index (χ2v) is 3.93. The van der Waals surface area contributed by atoms with Crippen LogP contribution in [0.25, 0.3) is 0 Å². The van der Waals surface area contributed by atoms with E-state index in [-0.39, 0.29) is 17.8 Å². The number of rotatable bonds is 5. The van der Waals surface area contributed by atoms with Gasteiger partial charge in [-0.15, -0.1) is 0 Å². The van der Waals surface area contributed by atoms with Gasteiger partial charge in [-0.2, -0.15) is 4.98 Å². The van der Waals surface area contributed by atoms with Crippen LogP contribution in [0.15, 0.2) is 21.3 Å². The lowest BCUT2D eigenvalue weighted by molar-refractivity contribution is 0.0519. The molecular formula is C12H15N3O4. The minimum atomic E-state index is -0.515. The SMILES string of the molecule is CCOC(=O)c1coc(NC(C)c2ncc(C)o2)n1. The van der Waals surface area contributed by atoms with Gasteiger partial charge in [0, 0.05) is 0 Å². The Hall–Kier alpha value is -2.31. The number of carbonyl (C=O) groups excluding carboxylic acids is 1. The van der Waals surface area contributed by atoms with Crippen LogP contribution in [0.3, 0.4) is 0 Å². The molecule has 1 atom stereocenters. The Labute approximate surface area is 110 Å². The molecule has 0 saturated heterocycles. The largest absolute Gasteiger partial charge is 0.461 e. The van der Waals surface area contributed by atoms with Gasteiger partial charge in [0.2, 0.25) is 5.89 Å². The van der Waals surface area contributed by atoms with Crippen LogP contribution in [0.5, 0.6) is 0 Å². The Balaban J connectivity index is 2.01. The van der Waals surface area contributed by atoms with E-state index >= 15 is 0 Å². The Morgan fingerprint density at radius 1 is 1.58 bits per heavy atom. The monoisotopic (exact) mass is 265 g/mol. The molecule has 0 amide bonds. The van der Waals surface area contributed by atoms with Crippen molar-refractivity contribution in [1.29, 1.82) is 0 Å². The van der Waals surface area contributed by atoms with Crippen LogP contribution in [-0.4, -0.2) is 22.5 Å². The fourth-order valence-electron chi connectivity index (χ4n) is 1.46. The summed E-state index contributed by atoms with van der Waals surface area (Å²) in [5, 5.41) is 2.95. The van der Waals surface area contributed by atoms with E-state index < -0.39 is 5.97 Å². The zero-order chi connectivity index (χ0) is 13.8. The Morgan fingerprint density at radius 2 is 2.37 bits per heavy atom. The summed E-state index contributed by atoms with van der Waals surface area (Å²) in [6.45, 7) is 5.68. The number of anilines is 1. The number of oxazole rings is 2. The fourth-order valence-corrected chi connectivity index (χ4v) is 1.46. The maximum absolute atomic E-state index is 11.4. The van der Waals surface area contributed by atoms with E-state index in [4.69, 9.17) is 13.6 Å². The van der Waals surface area contributed by atoms with Crippen molar-refractivity contribution >= 4 is 12.0 Å². The van der Waals surface area contributed by atoms with E-state index in [0.29, 0.717) is 12.5 Å². The second-order valence-electron chi connectivity index (χ2n) is 3.93. The molecule has 7 nitrogen and oxygen atoms in total. The molecule has 1 unspecified atom stereocenters. The molecule has 0 fully saturated rings. The molecule has 102 valence electrons. The molecule has 2 heterocycles. The van der Waals surface area contributed by atoms with Gasteiger partial charge in [-0.25, -0.2) is 9.78 Å². The van der Waals surface area contributed by atoms with Crippen molar-refractivity contribution in [3.63, 3.8) is 0 Å². The normalized spacial score (nSPS) is 12.2. The number of hydrogen-bond acceptors (Lipinski definition) is 7. The van der Waals surface area contributed by atoms with Crippen LogP contribution in [0.2, 0.25) is 0 Å². The smallest absolute Gasteiger partial charge is 0.360 e. The van der Waals surface area contributed by atoms with Crippen molar-refractivity contribution in [2.45, 2.75) is 26.8 Å².